The van der Waals surface area contributed by atoms with Crippen molar-refractivity contribution in [3.63, 3.8) is 0 Å². The normalized spacial score (nSPS) is 16.4. The first-order chi connectivity index (χ1) is 36.8. The Bertz CT molecular complexity index is 2620. The number of nitrogens with one attached hydrogen (secondary N) is 4. The van der Waals surface area contributed by atoms with E-state index in [1.54, 1.807) is 32.0 Å². The van der Waals surface area contributed by atoms with Crippen LogP contribution in [0.5, 0.6) is 11.5 Å². The van der Waals surface area contributed by atoms with Crippen molar-refractivity contribution < 1.29 is 70.5 Å². The molecule has 1 aromatic heterocycles. The molecule has 0 radical (unpaired) electrons. The number of aromatic nitrogens is 2. The summed E-state index contributed by atoms with van der Waals surface area (Å²) in [7, 11) is -3.36. The number of aliphatic carboxylic acids is 1. The molecular formula is C51H72F2N10O13S. The smallest absolute Gasteiger partial charge is 0.305 e. The Morgan fingerprint density at radius 3 is 2.38 bits per heavy atom. The fraction of sp³-hybridized carbons (Fsp3) is 0.569. The van der Waals surface area contributed by atoms with E-state index < -0.39 is 87.5 Å². The van der Waals surface area contributed by atoms with Gasteiger partial charge in [0.05, 0.1) is 87.0 Å². The third-order valence-corrected chi connectivity index (χ3v) is 13.5. The number of hydrogen-bond donors (Lipinski definition) is 7. The summed E-state index contributed by atoms with van der Waals surface area (Å²) in [5.41, 5.74) is 12.2. The van der Waals surface area contributed by atoms with E-state index >= 15 is 4.39 Å². The highest BCUT2D eigenvalue weighted by atomic mass is 32.2. The summed E-state index contributed by atoms with van der Waals surface area (Å²) in [6.45, 7) is 5.70. The molecule has 5 rings (SSSR count). The quantitative estimate of drug-likeness (QED) is 0.0540. The van der Waals surface area contributed by atoms with Gasteiger partial charge in [0.2, 0.25) is 29.6 Å². The van der Waals surface area contributed by atoms with Gasteiger partial charge in [-0.15, -0.1) is 0 Å². The molecule has 26 heteroatoms. The van der Waals surface area contributed by atoms with Crippen molar-refractivity contribution in [2.45, 2.75) is 102 Å². The number of carboxylic acid groups (broad SMARTS) is 1. The highest BCUT2D eigenvalue weighted by Crippen LogP contribution is 2.33. The average Bonchev–Trinajstić information content (AvgIpc) is 3.87. The molecule has 1 saturated heterocycles. The Morgan fingerprint density at radius 2 is 1.66 bits per heavy atom. The lowest BCUT2D eigenvalue weighted by Crippen LogP contribution is -2.56. The van der Waals surface area contributed by atoms with Gasteiger partial charge >= 0.3 is 5.97 Å². The second-order valence-corrected chi connectivity index (χ2v) is 21.3. The van der Waals surface area contributed by atoms with Crippen LogP contribution < -0.4 is 42.2 Å². The lowest BCUT2D eigenvalue weighted by molar-refractivity contribution is -0.146. The molecule has 5 atom stereocenters. The summed E-state index contributed by atoms with van der Waals surface area (Å²) in [5, 5.41) is 20.5. The number of fused-ring (bicyclic) bond motifs is 6. The van der Waals surface area contributed by atoms with Crippen LogP contribution in [-0.4, -0.2) is 163 Å². The third kappa shape index (κ3) is 20.5. The van der Waals surface area contributed by atoms with Gasteiger partial charge in [-0.3, -0.25) is 28.8 Å². The van der Waals surface area contributed by atoms with Crippen LogP contribution >= 0.6 is 0 Å². The predicted molar refractivity (Wildman–Crippen MR) is 279 cm³/mol. The van der Waals surface area contributed by atoms with E-state index in [2.05, 4.69) is 35.6 Å². The van der Waals surface area contributed by atoms with Crippen molar-refractivity contribution in [2.75, 3.05) is 84.1 Å². The van der Waals surface area contributed by atoms with E-state index in [0.717, 1.165) is 25.1 Å². The highest BCUT2D eigenvalue weighted by Gasteiger charge is 2.40. The molecule has 0 aliphatic carbocycles. The van der Waals surface area contributed by atoms with E-state index in [9.17, 15) is 42.5 Å². The van der Waals surface area contributed by atoms with Gasteiger partial charge in [-0.1, -0.05) is 20.3 Å². The zero-order valence-corrected chi connectivity index (χ0v) is 44.5. The number of benzene rings is 2. The summed E-state index contributed by atoms with van der Waals surface area (Å²) in [5.74, 6) is -6.37. The molecule has 3 aromatic rings. The summed E-state index contributed by atoms with van der Waals surface area (Å²) >= 11 is 0. The first kappa shape index (κ1) is 61.4. The van der Waals surface area contributed by atoms with E-state index in [1.165, 1.54) is 23.3 Å². The fourth-order valence-electron chi connectivity index (χ4n) is 8.25. The number of anilines is 2. The number of hydrogen-bond acceptors (Lipinski definition) is 17. The maximum Gasteiger partial charge on any atom is 0.305 e. The molecule has 0 spiro atoms. The summed E-state index contributed by atoms with van der Waals surface area (Å²) in [6.07, 6.45) is 4.99. The number of carbonyl (C=O) groups is 6. The number of halogens is 2. The Morgan fingerprint density at radius 1 is 0.948 bits per heavy atom. The van der Waals surface area contributed by atoms with E-state index in [4.69, 9.17) is 35.2 Å². The average molecular weight is 1100 g/mol. The molecule has 3 heterocycles. The fourth-order valence-corrected chi connectivity index (χ4v) is 9.60. The topological polar surface area (TPSA) is 327 Å². The van der Waals surface area contributed by atoms with Crippen molar-refractivity contribution >= 4 is 56.9 Å². The lowest BCUT2D eigenvalue weighted by Gasteiger charge is -2.29. The van der Waals surface area contributed by atoms with E-state index in [0.29, 0.717) is 55.8 Å². The second kappa shape index (κ2) is 31.1. The standard InChI is InChI=1S/C51H72F2N10O13S/c1-32(2)45(49(69)62-77(3,71)31-33-25-35-28-36(26-33)75-17-6-7-18-76-42-27-34(52)11-12-37(42)46-38(53)30-57-51(58-35)61-46)60-48(68)41-10-8-16-63(41)50(70)40(29-44(65)66)59-43(64)13-19-72-21-23-74-24-22-73-20-15-56-47(67)39(55)9-4-5-14-54/h11-12,25-28,30,32,39-41,45H,4-10,13-24,29,31,54-55H2,1-3H3,(H,56,67)(H,59,64)(H,60,68)(H,65,66)(H,57,58,61)/t39-,40-,41-,45-,77-/m0/s1. The minimum Gasteiger partial charge on any atom is -0.494 e. The molecule has 5 amide bonds. The molecule has 23 nitrogen and oxygen atoms in total. The monoisotopic (exact) mass is 1100 g/mol. The molecule has 9 N–H and O–H groups in total. The first-order valence-corrected chi connectivity index (χ1v) is 27.7. The number of carboxylic acids is 1. The maximum absolute atomic E-state index is 15.2. The van der Waals surface area contributed by atoms with Crippen LogP contribution in [0.25, 0.3) is 11.3 Å². The zero-order valence-electron chi connectivity index (χ0n) is 43.7. The highest BCUT2D eigenvalue weighted by molar-refractivity contribution is 7.92. The number of amides is 5. The SMILES string of the molecule is CC(C)[C@H](NC(=O)[C@@H]1CCCN1C(=O)[C@H](CC(=O)O)NC(=O)CCOCCOCCOCCNC(=O)[C@@H](N)CCCCN)C(=O)N=[S@@](C)(=O)Cc1cc2cc(c1)OCCCCOc1cc(F)ccc1-c1nc(ncc1F)N2. The van der Waals surface area contributed by atoms with Crippen LogP contribution in [0.1, 0.15) is 77.2 Å². The van der Waals surface area contributed by atoms with Crippen LogP contribution in [0.2, 0.25) is 0 Å². The van der Waals surface area contributed by atoms with Gasteiger partial charge in [0.15, 0.2) is 5.82 Å². The maximum atomic E-state index is 15.2. The van der Waals surface area contributed by atoms with Crippen LogP contribution in [0, 0.1) is 17.6 Å². The number of likely N-dealkylation sites (tertiary alicyclic amines) is 1. The minimum atomic E-state index is -3.36. The number of nitrogens with two attached hydrogens (primary N) is 2. The Hall–Kier alpha value is -6.45. The molecule has 0 saturated carbocycles. The summed E-state index contributed by atoms with van der Waals surface area (Å²) in [4.78, 5) is 88.0. The molecule has 2 aromatic carbocycles. The summed E-state index contributed by atoms with van der Waals surface area (Å²) < 4.78 is 75.8. The molecule has 0 unspecified atom stereocenters. The largest absolute Gasteiger partial charge is 0.494 e. The minimum absolute atomic E-state index is 0.0273. The van der Waals surface area contributed by atoms with Gasteiger partial charge in [0.1, 0.15) is 41.1 Å². The van der Waals surface area contributed by atoms with Gasteiger partial charge in [-0.05, 0) is 80.8 Å². The molecule has 4 bridgehead atoms. The van der Waals surface area contributed by atoms with Crippen molar-refractivity contribution in [2.24, 2.45) is 21.7 Å². The molecule has 2 aliphatic heterocycles. The van der Waals surface area contributed by atoms with Crippen molar-refractivity contribution in [1.29, 1.82) is 0 Å². The van der Waals surface area contributed by atoms with Crippen LogP contribution in [-0.2, 0) is 58.5 Å². The summed E-state index contributed by atoms with van der Waals surface area (Å²) in [6, 6.07) is 4.08. The van der Waals surface area contributed by atoms with Crippen molar-refractivity contribution in [3.8, 4) is 22.8 Å². The van der Waals surface area contributed by atoms with Gasteiger partial charge in [-0.25, -0.2) is 23.0 Å². The number of ether oxygens (including phenoxy) is 5. The van der Waals surface area contributed by atoms with Crippen LogP contribution in [0.3, 0.4) is 0 Å². The van der Waals surface area contributed by atoms with Crippen molar-refractivity contribution in [1.82, 2.24) is 30.8 Å². The van der Waals surface area contributed by atoms with E-state index in [-0.39, 0.29) is 107 Å². The Balaban J connectivity index is 1.13. The Kier molecular flexibility index (Phi) is 24.8. The number of nitrogens with zero attached hydrogens (tertiary/aromatic N) is 4. The molecule has 77 heavy (non-hydrogen) atoms. The molecule has 2 aliphatic rings. The number of rotatable bonds is 27. The third-order valence-electron chi connectivity index (χ3n) is 12.1. The lowest BCUT2D eigenvalue weighted by atomic mass is 10.0. The first-order valence-electron chi connectivity index (χ1n) is 25.7. The van der Waals surface area contributed by atoms with Gasteiger partial charge in [0.25, 0.3) is 5.91 Å². The predicted octanol–water partition coefficient (Wildman–Crippen LogP) is 2.94. The number of unbranched alkanes of at least 4 members (excludes halogenated alkanes) is 1. The van der Waals surface area contributed by atoms with Gasteiger partial charge < -0.3 is 66.4 Å². The van der Waals surface area contributed by atoms with Crippen molar-refractivity contribution in [3.05, 3.63) is 59.8 Å². The van der Waals surface area contributed by atoms with E-state index in [1.807, 2.05) is 0 Å². The number of carbonyl (C=O) groups excluding carboxylic acids is 5. The van der Waals surface area contributed by atoms with Gasteiger partial charge in [0, 0.05) is 49.1 Å². The molecule has 1 fully saturated rings. The van der Waals surface area contributed by atoms with Crippen LogP contribution in [0.4, 0.5) is 20.4 Å². The Labute approximate surface area is 446 Å². The zero-order chi connectivity index (χ0) is 55.9. The van der Waals surface area contributed by atoms with Crippen LogP contribution in [0.15, 0.2) is 47.0 Å². The molecular weight excluding hydrogens is 1030 g/mol. The van der Waals surface area contributed by atoms with Gasteiger partial charge in [-0.2, -0.15) is 4.36 Å². The molecule has 424 valence electrons. The second-order valence-electron chi connectivity index (χ2n) is 18.9.